The SMILES string of the molecule is CCC(NCc1ccc(C(F)F)cc1)C1CCCCC1. The lowest BCUT2D eigenvalue weighted by molar-refractivity contribution is 0.151. The second-order valence-corrected chi connectivity index (χ2v) is 5.84. The van der Waals surface area contributed by atoms with Gasteiger partial charge in [-0.25, -0.2) is 8.78 Å². The second-order valence-electron chi connectivity index (χ2n) is 5.84. The molecule has 1 saturated carbocycles. The molecular formula is C17H25F2N. The number of halogens is 2. The molecule has 0 radical (unpaired) electrons. The molecule has 1 unspecified atom stereocenters. The molecule has 0 heterocycles. The van der Waals surface area contributed by atoms with Gasteiger partial charge in [-0.05, 0) is 30.7 Å². The van der Waals surface area contributed by atoms with Crippen molar-refractivity contribution in [2.45, 2.75) is 64.5 Å². The molecule has 0 aromatic heterocycles. The van der Waals surface area contributed by atoms with Crippen molar-refractivity contribution in [3.63, 3.8) is 0 Å². The number of hydrogen-bond acceptors (Lipinski definition) is 1. The van der Waals surface area contributed by atoms with Gasteiger partial charge in [0.25, 0.3) is 6.43 Å². The third kappa shape index (κ3) is 4.27. The molecule has 1 aliphatic carbocycles. The summed E-state index contributed by atoms with van der Waals surface area (Å²) in [7, 11) is 0. The van der Waals surface area contributed by atoms with E-state index in [1.807, 2.05) is 12.1 Å². The van der Waals surface area contributed by atoms with Crippen LogP contribution in [0.25, 0.3) is 0 Å². The van der Waals surface area contributed by atoms with Crippen LogP contribution in [0, 0.1) is 5.92 Å². The molecule has 1 aromatic carbocycles. The van der Waals surface area contributed by atoms with E-state index in [0.717, 1.165) is 24.4 Å². The standard InChI is InChI=1S/C17H25F2N/c1-2-16(14-6-4-3-5-7-14)20-12-13-8-10-15(11-9-13)17(18)19/h8-11,14,16-17,20H,2-7,12H2,1H3. The van der Waals surface area contributed by atoms with E-state index in [9.17, 15) is 8.78 Å². The molecular weight excluding hydrogens is 256 g/mol. The highest BCUT2D eigenvalue weighted by molar-refractivity contribution is 5.23. The fraction of sp³-hybridized carbons (Fsp3) is 0.647. The molecule has 1 atom stereocenters. The second kappa shape index (κ2) is 7.72. The maximum absolute atomic E-state index is 12.5. The van der Waals surface area contributed by atoms with Crippen LogP contribution in [-0.4, -0.2) is 6.04 Å². The fourth-order valence-electron chi connectivity index (χ4n) is 3.21. The molecule has 0 spiro atoms. The highest BCUT2D eigenvalue weighted by atomic mass is 19.3. The molecule has 3 heteroatoms. The van der Waals surface area contributed by atoms with Gasteiger partial charge in [0.15, 0.2) is 0 Å². The third-order valence-corrected chi connectivity index (χ3v) is 4.46. The Labute approximate surface area is 120 Å². The van der Waals surface area contributed by atoms with Gasteiger partial charge in [-0.3, -0.25) is 0 Å². The molecule has 0 saturated heterocycles. The van der Waals surface area contributed by atoms with E-state index in [-0.39, 0.29) is 5.56 Å². The first-order chi connectivity index (χ1) is 9.70. The predicted octanol–water partition coefficient (Wildman–Crippen LogP) is 5.07. The van der Waals surface area contributed by atoms with Gasteiger partial charge in [0, 0.05) is 18.2 Å². The molecule has 0 aliphatic heterocycles. The average Bonchev–Trinajstić information content (AvgIpc) is 2.49. The zero-order valence-electron chi connectivity index (χ0n) is 12.2. The van der Waals surface area contributed by atoms with Crippen molar-refractivity contribution in [3.05, 3.63) is 35.4 Å². The zero-order valence-corrected chi connectivity index (χ0v) is 12.2. The quantitative estimate of drug-likeness (QED) is 0.767. The molecule has 20 heavy (non-hydrogen) atoms. The van der Waals surface area contributed by atoms with Crippen molar-refractivity contribution in [1.82, 2.24) is 5.32 Å². The summed E-state index contributed by atoms with van der Waals surface area (Å²) in [5.41, 5.74) is 1.19. The minimum absolute atomic E-state index is 0.105. The van der Waals surface area contributed by atoms with Crippen LogP contribution >= 0.6 is 0 Å². The number of alkyl halides is 2. The van der Waals surface area contributed by atoms with E-state index in [1.165, 1.54) is 44.2 Å². The summed E-state index contributed by atoms with van der Waals surface area (Å²) in [6, 6.07) is 7.24. The van der Waals surface area contributed by atoms with Crippen molar-refractivity contribution in [2.75, 3.05) is 0 Å². The highest BCUT2D eigenvalue weighted by Gasteiger charge is 2.21. The van der Waals surface area contributed by atoms with Crippen LogP contribution in [0.1, 0.15) is 63.0 Å². The number of rotatable bonds is 6. The molecule has 1 aromatic rings. The van der Waals surface area contributed by atoms with Crippen LogP contribution in [0.15, 0.2) is 24.3 Å². The van der Waals surface area contributed by atoms with Crippen LogP contribution in [0.4, 0.5) is 8.78 Å². The van der Waals surface area contributed by atoms with Gasteiger partial charge in [0.05, 0.1) is 0 Å². The van der Waals surface area contributed by atoms with Gasteiger partial charge in [-0.2, -0.15) is 0 Å². The van der Waals surface area contributed by atoms with E-state index in [4.69, 9.17) is 0 Å². The first kappa shape index (κ1) is 15.4. The van der Waals surface area contributed by atoms with Gasteiger partial charge in [-0.15, -0.1) is 0 Å². The Morgan fingerprint density at radius 1 is 1.10 bits per heavy atom. The third-order valence-electron chi connectivity index (χ3n) is 4.46. The van der Waals surface area contributed by atoms with E-state index in [2.05, 4.69) is 12.2 Å². The lowest BCUT2D eigenvalue weighted by Gasteiger charge is -2.30. The summed E-state index contributed by atoms with van der Waals surface area (Å²) in [6.45, 7) is 3.00. The van der Waals surface area contributed by atoms with Gasteiger partial charge in [0.1, 0.15) is 0 Å². The maximum atomic E-state index is 12.5. The summed E-state index contributed by atoms with van der Waals surface area (Å²) in [5, 5.41) is 3.62. The smallest absolute Gasteiger partial charge is 0.263 e. The average molecular weight is 281 g/mol. The lowest BCUT2D eigenvalue weighted by atomic mass is 9.83. The minimum atomic E-state index is -2.37. The summed E-state index contributed by atoms with van der Waals surface area (Å²) >= 11 is 0. The molecule has 1 N–H and O–H groups in total. The van der Waals surface area contributed by atoms with Crippen molar-refractivity contribution in [3.8, 4) is 0 Å². The molecule has 2 rings (SSSR count). The Morgan fingerprint density at radius 2 is 1.75 bits per heavy atom. The van der Waals surface area contributed by atoms with E-state index >= 15 is 0 Å². The molecule has 1 aliphatic rings. The summed E-state index contributed by atoms with van der Waals surface area (Å²) in [4.78, 5) is 0. The minimum Gasteiger partial charge on any atom is -0.310 e. The van der Waals surface area contributed by atoms with E-state index < -0.39 is 6.43 Å². The summed E-state index contributed by atoms with van der Waals surface area (Å²) in [6.07, 6.45) is 5.51. The van der Waals surface area contributed by atoms with Gasteiger partial charge in [0.2, 0.25) is 0 Å². The van der Waals surface area contributed by atoms with Crippen LogP contribution in [-0.2, 0) is 6.54 Å². The Hall–Kier alpha value is -0.960. The molecule has 1 fully saturated rings. The molecule has 1 nitrogen and oxygen atoms in total. The number of hydrogen-bond donors (Lipinski definition) is 1. The van der Waals surface area contributed by atoms with Crippen molar-refractivity contribution in [2.24, 2.45) is 5.92 Å². The Balaban J connectivity index is 1.85. The highest BCUT2D eigenvalue weighted by Crippen LogP contribution is 2.28. The van der Waals surface area contributed by atoms with Crippen molar-refractivity contribution < 1.29 is 8.78 Å². The normalized spacial score (nSPS) is 18.4. The Kier molecular flexibility index (Phi) is 5.96. The van der Waals surface area contributed by atoms with Crippen molar-refractivity contribution >= 4 is 0 Å². The van der Waals surface area contributed by atoms with Crippen LogP contribution in [0.5, 0.6) is 0 Å². The van der Waals surface area contributed by atoms with Crippen LogP contribution in [0.2, 0.25) is 0 Å². The number of benzene rings is 1. The monoisotopic (exact) mass is 281 g/mol. The first-order valence-electron chi connectivity index (χ1n) is 7.81. The van der Waals surface area contributed by atoms with Gasteiger partial charge in [-0.1, -0.05) is 50.5 Å². The van der Waals surface area contributed by atoms with E-state index in [1.54, 1.807) is 0 Å². The molecule has 112 valence electrons. The van der Waals surface area contributed by atoms with E-state index in [0.29, 0.717) is 6.04 Å². The Morgan fingerprint density at radius 3 is 2.30 bits per heavy atom. The van der Waals surface area contributed by atoms with Crippen LogP contribution in [0.3, 0.4) is 0 Å². The van der Waals surface area contributed by atoms with Crippen LogP contribution < -0.4 is 5.32 Å². The largest absolute Gasteiger partial charge is 0.310 e. The maximum Gasteiger partial charge on any atom is 0.263 e. The predicted molar refractivity (Wildman–Crippen MR) is 78.9 cm³/mol. The summed E-state index contributed by atoms with van der Waals surface area (Å²) in [5.74, 6) is 0.786. The summed E-state index contributed by atoms with van der Waals surface area (Å²) < 4.78 is 25.0. The van der Waals surface area contributed by atoms with Gasteiger partial charge < -0.3 is 5.32 Å². The Bertz CT molecular complexity index is 382. The lowest BCUT2D eigenvalue weighted by Crippen LogP contribution is -2.36. The van der Waals surface area contributed by atoms with Crippen molar-refractivity contribution in [1.29, 1.82) is 0 Å². The molecule has 0 amide bonds. The zero-order chi connectivity index (χ0) is 14.4. The fourth-order valence-corrected chi connectivity index (χ4v) is 3.21. The topological polar surface area (TPSA) is 12.0 Å². The first-order valence-corrected chi connectivity index (χ1v) is 7.81. The number of nitrogens with one attached hydrogen (secondary N) is 1. The molecule has 0 bridgehead atoms. The van der Waals surface area contributed by atoms with Gasteiger partial charge >= 0.3 is 0 Å².